The van der Waals surface area contributed by atoms with E-state index in [1.54, 1.807) is 55.1 Å². The summed E-state index contributed by atoms with van der Waals surface area (Å²) >= 11 is 0. The van der Waals surface area contributed by atoms with Crippen LogP contribution in [0.3, 0.4) is 0 Å². The number of cyclic esters (lactones) is 1. The van der Waals surface area contributed by atoms with Crippen molar-refractivity contribution in [2.45, 2.75) is 76.8 Å². The molecule has 5 amide bonds. The second-order valence-electron chi connectivity index (χ2n) is 16.8. The maximum atomic E-state index is 15.4. The third-order valence-corrected chi connectivity index (χ3v) is 12.7. The number of halogens is 1. The van der Waals surface area contributed by atoms with Gasteiger partial charge in [0.2, 0.25) is 29.5 Å². The lowest BCUT2D eigenvalue weighted by Gasteiger charge is -2.31. The smallest absolute Gasteiger partial charge is 0.343 e. The van der Waals surface area contributed by atoms with Crippen molar-refractivity contribution in [1.82, 2.24) is 35.3 Å². The van der Waals surface area contributed by atoms with E-state index < -0.39 is 71.7 Å². The molecule has 0 spiro atoms. The first-order valence-electron chi connectivity index (χ1n) is 21.9. The second-order valence-corrected chi connectivity index (χ2v) is 16.8. The summed E-state index contributed by atoms with van der Waals surface area (Å²) in [4.78, 5) is 99.4. The highest BCUT2D eigenvalue weighted by molar-refractivity contribution is 5.94. The van der Waals surface area contributed by atoms with Crippen molar-refractivity contribution in [3.63, 3.8) is 0 Å². The number of rotatable bonds is 19. The number of esters is 1. The Bertz CT molecular complexity index is 2660. The number of ether oxygens (including phenoxy) is 1. The Morgan fingerprint density at radius 3 is 2.48 bits per heavy atom. The van der Waals surface area contributed by atoms with Crippen LogP contribution < -0.4 is 33.0 Å². The molecule has 0 radical (unpaired) electrons. The Hall–Kier alpha value is -6.61. The number of fused-ring (bicyclic) bond motifs is 5. The fourth-order valence-corrected chi connectivity index (χ4v) is 9.19. The van der Waals surface area contributed by atoms with Gasteiger partial charge in [-0.2, -0.15) is 0 Å². The van der Waals surface area contributed by atoms with E-state index in [9.17, 15) is 43.8 Å². The van der Waals surface area contributed by atoms with Crippen molar-refractivity contribution in [2.24, 2.45) is 11.5 Å². The standard InChI is InChI=1S/C46H54FN9O10/c1-3-46(65)30-18-35-42-28(22-56(35)43(62)29(30)24-66-45(46)64)41-32(10-9-27-25(2)31(47)19-33(53-42)40(27)41)51-37(59)11-12-54(15-16-57)13-14-55(23-36(49)58)44(63)34(17-26-7-5-4-6-8-26)52-39(61)21-50-38(60)20-48/h4-8,18-19,32,34,57,65H,3,9-17,20-24,48H2,1-2H3,(H2,49,58)(H,50,60)(H,51,59)(H,52,61)/t32-,34-,46-/m0/s1. The summed E-state index contributed by atoms with van der Waals surface area (Å²) in [6.45, 7) is 1.79. The van der Waals surface area contributed by atoms with E-state index in [-0.39, 0.29) is 88.8 Å². The molecule has 4 heterocycles. The molecule has 4 aromatic rings. The van der Waals surface area contributed by atoms with Crippen molar-refractivity contribution >= 4 is 46.4 Å². The van der Waals surface area contributed by atoms with Gasteiger partial charge in [-0.15, -0.1) is 0 Å². The van der Waals surface area contributed by atoms with Crippen LogP contribution in [-0.2, 0) is 65.1 Å². The summed E-state index contributed by atoms with van der Waals surface area (Å²) in [5.74, 6) is -4.31. The Labute approximate surface area is 378 Å². The van der Waals surface area contributed by atoms with Gasteiger partial charge in [0, 0.05) is 61.6 Å². The number of nitrogens with two attached hydrogens (primary N) is 2. The average molecular weight is 912 g/mol. The molecule has 3 aliphatic rings. The fourth-order valence-electron chi connectivity index (χ4n) is 9.19. The lowest BCUT2D eigenvalue weighted by Crippen LogP contribution is -2.54. The first-order valence-corrected chi connectivity index (χ1v) is 21.9. The lowest BCUT2D eigenvalue weighted by molar-refractivity contribution is -0.172. The van der Waals surface area contributed by atoms with Crippen LogP contribution >= 0.6 is 0 Å². The number of aliphatic hydroxyl groups is 2. The highest BCUT2D eigenvalue weighted by atomic mass is 19.1. The largest absolute Gasteiger partial charge is 0.458 e. The van der Waals surface area contributed by atoms with Crippen LogP contribution in [-0.4, -0.2) is 124 Å². The molecule has 1 aliphatic carbocycles. The van der Waals surface area contributed by atoms with E-state index in [1.807, 2.05) is 0 Å². The normalized spacial score (nSPS) is 17.3. The van der Waals surface area contributed by atoms with Gasteiger partial charge in [0.25, 0.3) is 5.56 Å². The Morgan fingerprint density at radius 2 is 1.79 bits per heavy atom. The van der Waals surface area contributed by atoms with E-state index >= 15 is 4.39 Å². The van der Waals surface area contributed by atoms with Crippen molar-refractivity contribution in [3.8, 4) is 11.4 Å². The summed E-state index contributed by atoms with van der Waals surface area (Å²) in [6.07, 6.45) is 0.794. The van der Waals surface area contributed by atoms with E-state index in [4.69, 9.17) is 21.2 Å². The molecule has 2 aromatic carbocycles. The molecule has 0 fully saturated rings. The molecule has 9 N–H and O–H groups in total. The highest BCUT2D eigenvalue weighted by Gasteiger charge is 2.46. The molecule has 20 heteroatoms. The van der Waals surface area contributed by atoms with Crippen LogP contribution in [0.1, 0.15) is 71.2 Å². The van der Waals surface area contributed by atoms with E-state index in [1.165, 1.54) is 15.5 Å². The molecule has 3 atom stereocenters. The Kier molecular flexibility index (Phi) is 14.3. The zero-order valence-electron chi connectivity index (χ0n) is 36.8. The number of benzene rings is 2. The van der Waals surface area contributed by atoms with E-state index in [0.29, 0.717) is 57.4 Å². The fraction of sp³-hybridized carbons (Fsp3) is 0.435. The predicted molar refractivity (Wildman–Crippen MR) is 236 cm³/mol. The second kappa shape index (κ2) is 19.9. The molecule has 0 saturated carbocycles. The van der Waals surface area contributed by atoms with Gasteiger partial charge in [-0.1, -0.05) is 37.3 Å². The number of hydrogen-bond donors (Lipinski definition) is 7. The van der Waals surface area contributed by atoms with Gasteiger partial charge < -0.3 is 51.8 Å². The van der Waals surface area contributed by atoms with E-state index in [2.05, 4.69) is 16.0 Å². The Morgan fingerprint density at radius 1 is 1.03 bits per heavy atom. The molecular weight excluding hydrogens is 858 g/mol. The molecule has 66 heavy (non-hydrogen) atoms. The van der Waals surface area contributed by atoms with Gasteiger partial charge in [0.15, 0.2) is 5.60 Å². The number of aryl methyl sites for hydroxylation is 1. The zero-order valence-corrected chi connectivity index (χ0v) is 36.8. The summed E-state index contributed by atoms with van der Waals surface area (Å²) in [5.41, 5.74) is 13.0. The zero-order chi connectivity index (χ0) is 47.4. The number of primary amides is 1. The van der Waals surface area contributed by atoms with Crippen LogP contribution in [0.5, 0.6) is 0 Å². The summed E-state index contributed by atoms with van der Waals surface area (Å²) < 4.78 is 22.2. The van der Waals surface area contributed by atoms with Gasteiger partial charge >= 0.3 is 5.97 Å². The Balaban J connectivity index is 1.10. The molecule has 7 rings (SSSR count). The maximum Gasteiger partial charge on any atom is 0.343 e. The van der Waals surface area contributed by atoms with Crippen LogP contribution in [0, 0.1) is 12.7 Å². The van der Waals surface area contributed by atoms with Crippen LogP contribution in [0.25, 0.3) is 22.3 Å². The number of hydrogen-bond acceptors (Lipinski definition) is 13. The number of amides is 5. The van der Waals surface area contributed by atoms with Gasteiger partial charge in [-0.25, -0.2) is 14.2 Å². The number of carbonyl (C=O) groups excluding carboxylic acids is 6. The third kappa shape index (κ3) is 9.53. The van der Waals surface area contributed by atoms with Crippen molar-refractivity contribution in [2.75, 3.05) is 52.4 Å². The number of nitrogens with zero attached hydrogens (tertiary/aromatic N) is 4. The lowest BCUT2D eigenvalue weighted by atomic mass is 9.81. The average Bonchev–Trinajstić information content (AvgIpc) is 3.67. The predicted octanol–water partition coefficient (Wildman–Crippen LogP) is -0.569. The number of carbonyl (C=O) groups is 6. The van der Waals surface area contributed by atoms with Gasteiger partial charge in [-0.3, -0.25) is 33.7 Å². The highest BCUT2D eigenvalue weighted by Crippen LogP contribution is 2.46. The van der Waals surface area contributed by atoms with Crippen molar-refractivity contribution in [3.05, 3.63) is 97.6 Å². The maximum absolute atomic E-state index is 15.4. The van der Waals surface area contributed by atoms with Crippen molar-refractivity contribution in [1.29, 1.82) is 0 Å². The first kappa shape index (κ1) is 47.4. The minimum atomic E-state index is -2.04. The monoisotopic (exact) mass is 911 g/mol. The van der Waals surface area contributed by atoms with Gasteiger partial charge in [0.1, 0.15) is 18.5 Å². The molecule has 2 aromatic heterocycles. The molecule has 0 bridgehead atoms. The first-order chi connectivity index (χ1) is 31.6. The quantitative estimate of drug-likeness (QED) is 0.0512. The number of aliphatic hydroxyl groups excluding tert-OH is 1. The summed E-state index contributed by atoms with van der Waals surface area (Å²) in [5, 5.41) is 30.2. The van der Waals surface area contributed by atoms with Crippen LogP contribution in [0.2, 0.25) is 0 Å². The van der Waals surface area contributed by atoms with Gasteiger partial charge in [-0.05, 0) is 54.5 Å². The topological polar surface area (TPSA) is 282 Å². The SMILES string of the molecule is CC[C@@]1(O)C(=O)OCc2c1cc1n(c2=O)Cc2c-1nc1cc(F)c(C)c3c1c2[C@@H](NC(=O)CCN(CCO)CCN(CC(N)=O)C(=O)[C@H](Cc1ccccc1)NC(=O)CNC(=O)CN)CC3. The summed E-state index contributed by atoms with van der Waals surface area (Å²) in [6, 6.07) is 10.1. The minimum absolute atomic E-state index is 0.0412. The number of pyridine rings is 2. The molecule has 0 saturated heterocycles. The van der Waals surface area contributed by atoms with Crippen molar-refractivity contribution < 1.29 is 48.1 Å². The number of nitrogens with one attached hydrogen (secondary N) is 3. The molecule has 0 unspecified atom stereocenters. The van der Waals surface area contributed by atoms with Gasteiger partial charge in [0.05, 0.1) is 61.3 Å². The summed E-state index contributed by atoms with van der Waals surface area (Å²) in [7, 11) is 0. The third-order valence-electron chi connectivity index (χ3n) is 12.7. The molecule has 19 nitrogen and oxygen atoms in total. The van der Waals surface area contributed by atoms with Crippen LogP contribution in [0.4, 0.5) is 4.39 Å². The van der Waals surface area contributed by atoms with E-state index in [0.717, 1.165) is 5.56 Å². The molecular formula is C46H54FN9O10. The molecule has 350 valence electrons. The van der Waals surface area contributed by atoms with Crippen LogP contribution in [0.15, 0.2) is 47.3 Å². The molecule has 2 aliphatic heterocycles. The number of aromatic nitrogens is 2. The minimum Gasteiger partial charge on any atom is -0.458 e.